The van der Waals surface area contributed by atoms with Crippen LogP contribution >= 0.6 is 0 Å². The summed E-state index contributed by atoms with van der Waals surface area (Å²) in [7, 11) is 2.22. The summed E-state index contributed by atoms with van der Waals surface area (Å²) in [6, 6.07) is 9.38. The van der Waals surface area contributed by atoms with Gasteiger partial charge in [-0.1, -0.05) is 31.2 Å². The Balaban J connectivity index is 0.00000156. The summed E-state index contributed by atoms with van der Waals surface area (Å²) in [4.78, 5) is 4.93. The minimum atomic E-state index is 0. The van der Waals surface area contributed by atoms with Crippen LogP contribution in [0.5, 0.6) is 0 Å². The molecule has 2 aliphatic heterocycles. The summed E-state index contributed by atoms with van der Waals surface area (Å²) in [5.74, 6) is 1.45. The molecule has 0 N–H and O–H groups in total. The molecule has 0 saturated carbocycles. The SMILES string of the molecule is Cc1cc2c(cc1C)N1c3cc(C)c(C)cc3N(C)C1[C-]2C.[Y]. The van der Waals surface area contributed by atoms with Crippen LogP contribution in [-0.2, 0) is 32.7 Å². The summed E-state index contributed by atoms with van der Waals surface area (Å²) < 4.78 is 0. The fourth-order valence-corrected chi connectivity index (χ4v) is 3.90. The first-order chi connectivity index (χ1) is 10.4. The molecule has 23 heavy (non-hydrogen) atoms. The molecule has 2 aliphatic rings. The van der Waals surface area contributed by atoms with Crippen molar-refractivity contribution in [3.05, 3.63) is 58.0 Å². The fraction of sp³-hybridized carbons (Fsp3) is 0.350. The topological polar surface area (TPSA) is 6.48 Å². The number of rotatable bonds is 0. The van der Waals surface area contributed by atoms with Crippen molar-refractivity contribution in [2.45, 2.75) is 40.8 Å². The molecule has 2 heterocycles. The van der Waals surface area contributed by atoms with E-state index in [1.165, 1.54) is 50.8 Å². The van der Waals surface area contributed by atoms with Crippen LogP contribution in [0.3, 0.4) is 0 Å². The van der Waals surface area contributed by atoms with Gasteiger partial charge in [0, 0.05) is 39.8 Å². The van der Waals surface area contributed by atoms with E-state index in [9.17, 15) is 0 Å². The molecule has 0 spiro atoms. The van der Waals surface area contributed by atoms with Crippen molar-refractivity contribution < 1.29 is 32.7 Å². The number of aryl methyl sites for hydroxylation is 4. The molecule has 0 amide bonds. The second-order valence-electron chi connectivity index (χ2n) is 6.92. The molecule has 1 radical (unpaired) electrons. The first-order valence-corrected chi connectivity index (χ1v) is 7.98. The molecule has 1 atom stereocenters. The maximum atomic E-state index is 2.51. The van der Waals surface area contributed by atoms with Gasteiger partial charge in [0.2, 0.25) is 0 Å². The third-order valence-electron chi connectivity index (χ3n) is 5.53. The van der Waals surface area contributed by atoms with Gasteiger partial charge < -0.3 is 9.80 Å². The molecule has 0 fully saturated rings. The van der Waals surface area contributed by atoms with Crippen molar-refractivity contribution in [2.24, 2.45) is 0 Å². The van der Waals surface area contributed by atoms with E-state index in [1.807, 2.05) is 0 Å². The number of hydrogen-bond donors (Lipinski definition) is 0. The number of likely N-dealkylation sites (N-methyl/N-ethyl adjacent to an activating group) is 1. The molecule has 0 aliphatic carbocycles. The fourth-order valence-electron chi connectivity index (χ4n) is 3.90. The van der Waals surface area contributed by atoms with E-state index in [4.69, 9.17) is 0 Å². The standard InChI is InChI=1S/C20H23N2.Y/c1-11-7-16-15(5)20-21(6)18-9-13(3)14(4)10-19(18)22(20)17(16)8-12(11)2;/h7-10,20H,1-6H3;/q-1;. The molecule has 1 unspecified atom stereocenters. The maximum absolute atomic E-state index is 2.51. The van der Waals surface area contributed by atoms with Gasteiger partial charge in [-0.05, 0) is 44.0 Å². The van der Waals surface area contributed by atoms with Crippen LogP contribution < -0.4 is 9.80 Å². The minimum absolute atomic E-state index is 0. The summed E-state index contributed by atoms with van der Waals surface area (Å²) in [5.41, 5.74) is 10.9. The van der Waals surface area contributed by atoms with E-state index in [1.54, 1.807) is 0 Å². The number of nitrogens with zero attached hydrogens (tertiary/aromatic N) is 2. The Labute approximate surface area is 164 Å². The van der Waals surface area contributed by atoms with Crippen LogP contribution in [0.4, 0.5) is 17.1 Å². The molecular formula is C20H23N2Y-. The van der Waals surface area contributed by atoms with E-state index < -0.39 is 0 Å². The van der Waals surface area contributed by atoms with Crippen molar-refractivity contribution in [1.29, 1.82) is 0 Å². The Morgan fingerprint density at radius 1 is 0.783 bits per heavy atom. The first kappa shape index (κ1) is 16.9. The summed E-state index contributed by atoms with van der Waals surface area (Å²) in [6.07, 6.45) is 0.326. The third-order valence-corrected chi connectivity index (χ3v) is 5.53. The van der Waals surface area contributed by atoms with E-state index in [2.05, 4.69) is 75.7 Å². The van der Waals surface area contributed by atoms with Crippen LogP contribution in [0.2, 0.25) is 0 Å². The summed E-state index contributed by atoms with van der Waals surface area (Å²) in [5, 5.41) is 0. The zero-order valence-corrected chi connectivity index (χ0v) is 17.7. The van der Waals surface area contributed by atoms with Crippen molar-refractivity contribution in [2.75, 3.05) is 16.8 Å². The van der Waals surface area contributed by atoms with E-state index >= 15 is 0 Å². The molecule has 2 aromatic carbocycles. The van der Waals surface area contributed by atoms with Crippen LogP contribution in [0.1, 0.15) is 34.7 Å². The molecular weight excluding hydrogens is 357 g/mol. The van der Waals surface area contributed by atoms with Crippen LogP contribution in [0, 0.1) is 33.6 Å². The Morgan fingerprint density at radius 2 is 1.26 bits per heavy atom. The molecule has 0 bridgehead atoms. The number of benzene rings is 2. The van der Waals surface area contributed by atoms with E-state index in [-0.39, 0.29) is 32.7 Å². The zero-order chi connectivity index (χ0) is 15.8. The van der Waals surface area contributed by atoms with Gasteiger partial charge in [-0.3, -0.25) is 0 Å². The predicted octanol–water partition coefficient (Wildman–Crippen LogP) is 4.79. The average Bonchev–Trinajstić information content (AvgIpc) is 2.89. The second kappa shape index (κ2) is 5.53. The third kappa shape index (κ3) is 2.18. The monoisotopic (exact) mass is 380 g/mol. The van der Waals surface area contributed by atoms with Crippen molar-refractivity contribution >= 4 is 17.1 Å². The van der Waals surface area contributed by atoms with Crippen LogP contribution in [0.25, 0.3) is 0 Å². The zero-order valence-electron chi connectivity index (χ0n) is 14.9. The molecule has 0 saturated heterocycles. The quantitative estimate of drug-likeness (QED) is 0.607. The normalized spacial score (nSPS) is 17.8. The van der Waals surface area contributed by atoms with Crippen molar-refractivity contribution in [3.63, 3.8) is 0 Å². The van der Waals surface area contributed by atoms with Gasteiger partial charge in [0.15, 0.2) is 0 Å². The van der Waals surface area contributed by atoms with Gasteiger partial charge in [0.1, 0.15) is 0 Å². The molecule has 4 rings (SSSR count). The largest absolute Gasteiger partial charge is 0.380 e. The van der Waals surface area contributed by atoms with Gasteiger partial charge in [-0.15, -0.1) is 11.5 Å². The Kier molecular flexibility index (Phi) is 4.05. The Bertz CT molecular complexity index is 731. The minimum Gasteiger partial charge on any atom is -0.380 e. The Hall–Kier alpha value is -0.986. The smallest absolute Gasteiger partial charge is 0.0719 e. The number of fused-ring (bicyclic) bond motifs is 5. The molecule has 0 aromatic heterocycles. The first-order valence-electron chi connectivity index (χ1n) is 7.98. The van der Waals surface area contributed by atoms with Gasteiger partial charge in [0.25, 0.3) is 0 Å². The Morgan fingerprint density at radius 3 is 1.87 bits per heavy atom. The maximum Gasteiger partial charge on any atom is 0.0719 e. The molecule has 117 valence electrons. The van der Waals surface area contributed by atoms with Crippen LogP contribution in [-0.4, -0.2) is 13.2 Å². The van der Waals surface area contributed by atoms with Gasteiger partial charge in [-0.2, -0.15) is 11.6 Å². The predicted molar refractivity (Wildman–Crippen MR) is 94.2 cm³/mol. The van der Waals surface area contributed by atoms with Gasteiger partial charge >= 0.3 is 0 Å². The molecule has 2 aromatic rings. The number of hydrogen-bond acceptors (Lipinski definition) is 2. The van der Waals surface area contributed by atoms with Gasteiger partial charge in [0.05, 0.1) is 17.5 Å². The van der Waals surface area contributed by atoms with Crippen molar-refractivity contribution in [1.82, 2.24) is 0 Å². The van der Waals surface area contributed by atoms with Crippen LogP contribution in [0.15, 0.2) is 24.3 Å². The molecule has 3 heteroatoms. The van der Waals surface area contributed by atoms with Crippen molar-refractivity contribution in [3.8, 4) is 0 Å². The summed E-state index contributed by atoms with van der Waals surface area (Å²) >= 11 is 0. The second-order valence-corrected chi connectivity index (χ2v) is 6.92. The van der Waals surface area contributed by atoms with Gasteiger partial charge in [-0.25, -0.2) is 0 Å². The summed E-state index contributed by atoms with van der Waals surface area (Å²) in [6.45, 7) is 11.1. The number of anilines is 3. The van der Waals surface area contributed by atoms with E-state index in [0.29, 0.717) is 6.17 Å². The van der Waals surface area contributed by atoms with E-state index in [0.717, 1.165) is 0 Å². The molecule has 2 nitrogen and oxygen atoms in total. The average molecular weight is 380 g/mol.